The van der Waals surface area contributed by atoms with Crippen molar-refractivity contribution in [1.29, 1.82) is 0 Å². The number of carbonyl (C=O) groups is 1. The standard InChI is InChI=1S/C19H20N2O4/c1-23-15-10-7-14(8-11-15)20-19(22)25-21-18-5-3-4-13-6-9-16(24-2)12-17(13)18/h6-12H,3-5H2,1-2H3,(H,20,22). The van der Waals surface area contributed by atoms with E-state index in [-0.39, 0.29) is 0 Å². The molecule has 130 valence electrons. The van der Waals surface area contributed by atoms with Crippen molar-refractivity contribution in [3.05, 3.63) is 53.6 Å². The molecule has 0 spiro atoms. The molecule has 6 nitrogen and oxygen atoms in total. The number of hydrogen-bond acceptors (Lipinski definition) is 5. The number of hydrogen-bond donors (Lipinski definition) is 1. The van der Waals surface area contributed by atoms with Gasteiger partial charge in [0, 0.05) is 11.3 Å². The molecule has 0 atom stereocenters. The highest BCUT2D eigenvalue weighted by Crippen LogP contribution is 2.26. The number of nitrogens with one attached hydrogen (secondary N) is 1. The smallest absolute Gasteiger partial charge is 0.437 e. The molecule has 0 aliphatic heterocycles. The molecule has 2 aromatic rings. The first-order valence-corrected chi connectivity index (χ1v) is 8.06. The Bertz CT molecular complexity index is 785. The van der Waals surface area contributed by atoms with Gasteiger partial charge < -0.3 is 9.47 Å². The van der Waals surface area contributed by atoms with Crippen LogP contribution in [0.1, 0.15) is 24.0 Å². The van der Waals surface area contributed by atoms with Crippen LogP contribution in [-0.2, 0) is 11.3 Å². The van der Waals surface area contributed by atoms with Gasteiger partial charge in [0.1, 0.15) is 11.5 Å². The van der Waals surface area contributed by atoms with Crippen LogP contribution in [0, 0.1) is 0 Å². The van der Waals surface area contributed by atoms with Gasteiger partial charge in [-0.15, -0.1) is 0 Å². The number of amides is 1. The van der Waals surface area contributed by atoms with E-state index in [0.717, 1.165) is 36.3 Å². The molecule has 0 unspecified atom stereocenters. The number of carbonyl (C=O) groups excluding carboxylic acids is 1. The third-order valence-electron chi connectivity index (χ3n) is 4.06. The number of methoxy groups -OCH3 is 2. The number of nitrogens with zero attached hydrogens (tertiary/aromatic N) is 1. The molecule has 3 rings (SSSR count). The number of rotatable bonds is 4. The van der Waals surface area contributed by atoms with E-state index in [4.69, 9.17) is 14.3 Å². The molecule has 1 aliphatic carbocycles. The van der Waals surface area contributed by atoms with E-state index in [1.165, 1.54) is 5.56 Å². The molecule has 2 aromatic carbocycles. The maximum absolute atomic E-state index is 11.9. The van der Waals surface area contributed by atoms with Crippen molar-refractivity contribution in [2.24, 2.45) is 5.16 Å². The minimum atomic E-state index is -0.632. The Labute approximate surface area is 146 Å². The van der Waals surface area contributed by atoms with Crippen molar-refractivity contribution >= 4 is 17.5 Å². The molecule has 6 heteroatoms. The number of aryl methyl sites for hydroxylation is 1. The predicted molar refractivity (Wildman–Crippen MR) is 95.6 cm³/mol. The van der Waals surface area contributed by atoms with Crippen LogP contribution in [0.3, 0.4) is 0 Å². The maximum Gasteiger partial charge on any atom is 0.437 e. The Morgan fingerprint density at radius 2 is 1.72 bits per heavy atom. The Morgan fingerprint density at radius 3 is 2.44 bits per heavy atom. The highest BCUT2D eigenvalue weighted by atomic mass is 16.7. The summed E-state index contributed by atoms with van der Waals surface area (Å²) in [6, 6.07) is 12.9. The molecule has 1 amide bonds. The van der Waals surface area contributed by atoms with Crippen molar-refractivity contribution < 1.29 is 19.1 Å². The Balaban J connectivity index is 1.68. The Morgan fingerprint density at radius 1 is 1.00 bits per heavy atom. The van der Waals surface area contributed by atoms with Crippen molar-refractivity contribution in [1.82, 2.24) is 0 Å². The molecule has 0 fully saturated rings. The van der Waals surface area contributed by atoms with Gasteiger partial charge in [0.25, 0.3) is 0 Å². The maximum atomic E-state index is 11.9. The van der Waals surface area contributed by atoms with Crippen LogP contribution in [0.2, 0.25) is 0 Å². The molecule has 0 heterocycles. The normalized spacial score (nSPS) is 14.6. The molecule has 0 radical (unpaired) electrons. The largest absolute Gasteiger partial charge is 0.497 e. The molecule has 0 saturated carbocycles. The van der Waals surface area contributed by atoms with E-state index in [1.54, 1.807) is 38.5 Å². The van der Waals surface area contributed by atoms with E-state index in [2.05, 4.69) is 10.5 Å². The first-order chi connectivity index (χ1) is 12.2. The molecule has 0 aromatic heterocycles. The Kier molecular flexibility index (Phi) is 5.18. The fourth-order valence-corrected chi connectivity index (χ4v) is 2.76. The zero-order valence-electron chi connectivity index (χ0n) is 14.2. The lowest BCUT2D eigenvalue weighted by atomic mass is 9.90. The monoisotopic (exact) mass is 340 g/mol. The number of benzene rings is 2. The number of fused-ring (bicyclic) bond motifs is 1. The quantitative estimate of drug-likeness (QED) is 0.675. The average Bonchev–Trinajstić information content (AvgIpc) is 2.66. The third-order valence-corrected chi connectivity index (χ3v) is 4.06. The van der Waals surface area contributed by atoms with Crippen LogP contribution in [0.25, 0.3) is 0 Å². The second-order valence-electron chi connectivity index (χ2n) is 5.65. The predicted octanol–water partition coefficient (Wildman–Crippen LogP) is 3.99. The van der Waals surface area contributed by atoms with Crippen molar-refractivity contribution in [3.63, 3.8) is 0 Å². The zero-order valence-corrected chi connectivity index (χ0v) is 14.2. The van der Waals surface area contributed by atoms with Gasteiger partial charge in [0.15, 0.2) is 0 Å². The van der Waals surface area contributed by atoms with Crippen LogP contribution in [-0.4, -0.2) is 26.0 Å². The fraction of sp³-hybridized carbons (Fsp3) is 0.263. The number of anilines is 1. The summed E-state index contributed by atoms with van der Waals surface area (Å²) in [4.78, 5) is 17.0. The van der Waals surface area contributed by atoms with Crippen LogP contribution in [0.5, 0.6) is 11.5 Å². The summed E-state index contributed by atoms with van der Waals surface area (Å²) in [6.45, 7) is 0. The molecular formula is C19H20N2O4. The second-order valence-corrected chi connectivity index (χ2v) is 5.65. The number of ether oxygens (including phenoxy) is 2. The van der Waals surface area contributed by atoms with Crippen molar-refractivity contribution in [2.45, 2.75) is 19.3 Å². The summed E-state index contributed by atoms with van der Waals surface area (Å²) in [6.07, 6.45) is 2.08. The SMILES string of the molecule is COc1ccc(NC(=O)ON=C2CCCc3ccc(OC)cc32)cc1. The fourth-order valence-electron chi connectivity index (χ4n) is 2.76. The summed E-state index contributed by atoms with van der Waals surface area (Å²) < 4.78 is 10.3. The minimum absolute atomic E-state index is 0.608. The van der Waals surface area contributed by atoms with Crippen LogP contribution >= 0.6 is 0 Å². The van der Waals surface area contributed by atoms with E-state index >= 15 is 0 Å². The Hall–Kier alpha value is -3.02. The molecule has 1 aliphatic rings. The average molecular weight is 340 g/mol. The zero-order chi connectivity index (χ0) is 17.6. The summed E-state index contributed by atoms with van der Waals surface area (Å²) in [5, 5.41) is 6.68. The lowest BCUT2D eigenvalue weighted by molar-refractivity contribution is 0.166. The van der Waals surface area contributed by atoms with Crippen LogP contribution in [0.15, 0.2) is 47.6 Å². The van der Waals surface area contributed by atoms with Crippen molar-refractivity contribution in [2.75, 3.05) is 19.5 Å². The summed E-state index contributed by atoms with van der Waals surface area (Å²) in [5.41, 5.74) is 3.52. The van der Waals surface area contributed by atoms with E-state index in [1.807, 2.05) is 18.2 Å². The van der Waals surface area contributed by atoms with Gasteiger partial charge in [-0.25, -0.2) is 4.79 Å². The van der Waals surface area contributed by atoms with Crippen LogP contribution in [0.4, 0.5) is 10.5 Å². The van der Waals surface area contributed by atoms with E-state index in [9.17, 15) is 4.79 Å². The molecule has 0 bridgehead atoms. The highest BCUT2D eigenvalue weighted by molar-refractivity contribution is 6.03. The second kappa shape index (κ2) is 7.70. The van der Waals surface area contributed by atoms with Gasteiger partial charge in [-0.1, -0.05) is 11.2 Å². The minimum Gasteiger partial charge on any atom is -0.497 e. The molecule has 1 N–H and O–H groups in total. The van der Waals surface area contributed by atoms with Gasteiger partial charge in [0.2, 0.25) is 0 Å². The third kappa shape index (κ3) is 4.09. The topological polar surface area (TPSA) is 69.2 Å². The molecule has 0 saturated heterocycles. The van der Waals surface area contributed by atoms with E-state index in [0.29, 0.717) is 11.4 Å². The lowest BCUT2D eigenvalue weighted by Gasteiger charge is -2.18. The van der Waals surface area contributed by atoms with E-state index < -0.39 is 6.09 Å². The van der Waals surface area contributed by atoms with Gasteiger partial charge >= 0.3 is 6.09 Å². The van der Waals surface area contributed by atoms with Crippen molar-refractivity contribution in [3.8, 4) is 11.5 Å². The highest BCUT2D eigenvalue weighted by Gasteiger charge is 2.17. The van der Waals surface area contributed by atoms with Gasteiger partial charge in [0.05, 0.1) is 19.9 Å². The first kappa shape index (κ1) is 16.8. The summed E-state index contributed by atoms with van der Waals surface area (Å²) >= 11 is 0. The number of oxime groups is 1. The first-order valence-electron chi connectivity index (χ1n) is 8.06. The van der Waals surface area contributed by atoms with Gasteiger partial charge in [-0.2, -0.15) is 0 Å². The lowest BCUT2D eigenvalue weighted by Crippen LogP contribution is -2.16. The van der Waals surface area contributed by atoms with Gasteiger partial charge in [-0.3, -0.25) is 10.2 Å². The molecule has 25 heavy (non-hydrogen) atoms. The summed E-state index contributed by atoms with van der Waals surface area (Å²) in [7, 11) is 3.21. The van der Waals surface area contributed by atoms with Crippen LogP contribution < -0.4 is 14.8 Å². The molecular weight excluding hydrogens is 320 g/mol. The van der Waals surface area contributed by atoms with Gasteiger partial charge in [-0.05, 0) is 61.2 Å². The summed E-state index contributed by atoms with van der Waals surface area (Å²) in [5.74, 6) is 1.47.